The summed E-state index contributed by atoms with van der Waals surface area (Å²) < 4.78 is 31.5. The third-order valence-electron chi connectivity index (χ3n) is 6.32. The predicted octanol–water partition coefficient (Wildman–Crippen LogP) is 5.34. The molecule has 38 heavy (non-hydrogen) atoms. The summed E-state index contributed by atoms with van der Waals surface area (Å²) in [6.07, 6.45) is 2.37. The van der Waals surface area contributed by atoms with E-state index in [9.17, 15) is 14.0 Å². The van der Waals surface area contributed by atoms with E-state index >= 15 is 0 Å². The number of rotatable bonds is 3. The van der Waals surface area contributed by atoms with Gasteiger partial charge in [0.2, 0.25) is 0 Å². The summed E-state index contributed by atoms with van der Waals surface area (Å²) in [6, 6.07) is 11.6. The number of morpholine rings is 1. The fraction of sp³-hybridized carbons (Fsp3) is 0.536. The minimum atomic E-state index is -1.49. The van der Waals surface area contributed by atoms with E-state index in [1.807, 2.05) is 57.2 Å². The van der Waals surface area contributed by atoms with Crippen LogP contribution in [0.3, 0.4) is 0 Å². The number of benzene rings is 1. The van der Waals surface area contributed by atoms with Crippen molar-refractivity contribution in [1.29, 1.82) is 0 Å². The number of alkyl halides is 1. The molecule has 0 radical (unpaired) electrons. The van der Waals surface area contributed by atoms with Crippen LogP contribution in [0.4, 0.5) is 9.18 Å². The highest BCUT2D eigenvalue weighted by Gasteiger charge is 2.33. The van der Waals surface area contributed by atoms with E-state index in [0.717, 1.165) is 22.4 Å². The normalized spacial score (nSPS) is 25.2. The van der Waals surface area contributed by atoms with Crippen molar-refractivity contribution in [1.82, 2.24) is 15.2 Å². The van der Waals surface area contributed by atoms with Crippen molar-refractivity contribution in [2.75, 3.05) is 25.9 Å². The van der Waals surface area contributed by atoms with Crippen LogP contribution in [0.1, 0.15) is 64.4 Å². The first kappa shape index (κ1) is 28.4. The van der Waals surface area contributed by atoms with Gasteiger partial charge in [-0.15, -0.1) is 0 Å². The highest BCUT2D eigenvalue weighted by Crippen LogP contribution is 2.34. The lowest BCUT2D eigenvalue weighted by molar-refractivity contribution is -0.139. The number of hydrogen-bond donors (Lipinski definition) is 1. The number of nitrogens with zero attached hydrogens (tertiary/aromatic N) is 2. The van der Waals surface area contributed by atoms with Gasteiger partial charge >= 0.3 is 6.09 Å². The molecule has 206 valence electrons. The Morgan fingerprint density at radius 2 is 1.89 bits per heavy atom. The quantitative estimate of drug-likeness (QED) is 0.524. The molecule has 0 aliphatic carbocycles. The molecule has 10 heteroatoms. The van der Waals surface area contributed by atoms with Gasteiger partial charge in [0, 0.05) is 18.3 Å². The zero-order valence-electron chi connectivity index (χ0n) is 22.6. The first-order valence-electron chi connectivity index (χ1n) is 12.9. The van der Waals surface area contributed by atoms with Gasteiger partial charge in [0.1, 0.15) is 17.4 Å². The third kappa shape index (κ3) is 7.28. The predicted molar refractivity (Wildman–Crippen MR) is 145 cm³/mol. The number of carbonyl (C=O) groups is 2. The highest BCUT2D eigenvalue weighted by atomic mass is 31.1. The van der Waals surface area contributed by atoms with Crippen LogP contribution in [0.25, 0.3) is 11.1 Å². The maximum Gasteiger partial charge on any atom is 0.411 e. The average molecular weight is 546 g/mol. The van der Waals surface area contributed by atoms with Gasteiger partial charge in [-0.05, 0) is 64.4 Å². The Hall–Kier alpha value is -2.61. The smallest absolute Gasteiger partial charge is 0.411 e. The number of carbonyl (C=O) groups excluding carboxylic acids is 2. The minimum absolute atomic E-state index is 0.0928. The molecule has 8 nitrogen and oxygen atoms in total. The van der Waals surface area contributed by atoms with Crippen LogP contribution in [0.5, 0.6) is 0 Å². The second-order valence-electron chi connectivity index (χ2n) is 11.1. The number of hydrogen-bond acceptors (Lipinski definition) is 6. The van der Waals surface area contributed by atoms with Crippen molar-refractivity contribution >= 4 is 20.6 Å². The van der Waals surface area contributed by atoms with Crippen LogP contribution in [-0.4, -0.2) is 65.0 Å². The summed E-state index contributed by atoms with van der Waals surface area (Å²) in [5.74, 6) is -2.11. The molecule has 4 rings (SSSR count). The Labute approximate surface area is 225 Å². The molecule has 4 atom stereocenters. The number of aromatic nitrogens is 1. The van der Waals surface area contributed by atoms with Crippen LogP contribution >= 0.6 is 8.58 Å². The van der Waals surface area contributed by atoms with Crippen LogP contribution < -0.4 is 5.32 Å². The molecule has 0 spiro atoms. The molecule has 1 N–H and O–H groups in total. The van der Waals surface area contributed by atoms with Gasteiger partial charge in [-0.3, -0.25) is 14.7 Å². The molecule has 2 saturated heterocycles. The first-order valence-corrected chi connectivity index (χ1v) is 14.2. The zero-order valence-corrected chi connectivity index (χ0v) is 23.6. The topological polar surface area (TPSA) is 90.0 Å². The summed E-state index contributed by atoms with van der Waals surface area (Å²) >= 11 is 0. The summed E-state index contributed by atoms with van der Waals surface area (Å²) in [6.45, 7) is 10.3. The largest absolute Gasteiger partial charge is 0.444 e. The lowest BCUT2D eigenvalue weighted by Crippen LogP contribution is -2.48. The molecule has 3 unspecified atom stereocenters. The number of halogens is 1. The summed E-state index contributed by atoms with van der Waals surface area (Å²) in [4.78, 5) is 31.1. The van der Waals surface area contributed by atoms with Crippen molar-refractivity contribution in [2.24, 2.45) is 0 Å². The van der Waals surface area contributed by atoms with Gasteiger partial charge in [-0.1, -0.05) is 38.9 Å². The lowest BCUT2D eigenvalue weighted by Gasteiger charge is -2.36. The highest BCUT2D eigenvalue weighted by molar-refractivity contribution is 7.39. The van der Waals surface area contributed by atoms with Gasteiger partial charge in [0.25, 0.3) is 5.91 Å². The number of ether oxygens (including phenoxy) is 3. The van der Waals surface area contributed by atoms with Gasteiger partial charge in [-0.25, -0.2) is 9.18 Å². The van der Waals surface area contributed by atoms with Crippen molar-refractivity contribution in [3.63, 3.8) is 0 Å². The Balaban J connectivity index is 1.47. The molecule has 2 aliphatic heterocycles. The van der Waals surface area contributed by atoms with E-state index < -0.39 is 23.1 Å². The Bertz CT molecular complexity index is 1120. The number of pyridine rings is 1. The Morgan fingerprint density at radius 1 is 1.18 bits per heavy atom. The third-order valence-corrected chi connectivity index (χ3v) is 7.52. The molecule has 2 fully saturated rings. The van der Waals surface area contributed by atoms with E-state index in [0.29, 0.717) is 32.3 Å². The second-order valence-corrected chi connectivity index (χ2v) is 12.5. The molecule has 2 amide bonds. The molecule has 0 saturated carbocycles. The lowest BCUT2D eigenvalue weighted by atomic mass is 10.0. The van der Waals surface area contributed by atoms with Gasteiger partial charge in [-0.2, -0.15) is 0 Å². The zero-order chi connectivity index (χ0) is 27.5. The van der Waals surface area contributed by atoms with Crippen molar-refractivity contribution < 1.29 is 28.2 Å². The fourth-order valence-electron chi connectivity index (χ4n) is 4.52. The summed E-state index contributed by atoms with van der Waals surface area (Å²) in [5, 5.41) is 2.66. The fourth-order valence-corrected chi connectivity index (χ4v) is 5.46. The van der Waals surface area contributed by atoms with Crippen molar-refractivity contribution in [2.45, 2.75) is 70.4 Å². The van der Waals surface area contributed by atoms with Crippen LogP contribution in [0.15, 0.2) is 42.6 Å². The Kier molecular flexibility index (Phi) is 8.70. The summed E-state index contributed by atoms with van der Waals surface area (Å²) in [5.41, 5.74) is 2.07. The van der Waals surface area contributed by atoms with Crippen LogP contribution in [-0.2, 0) is 19.0 Å². The van der Waals surface area contributed by atoms with E-state index in [-0.39, 0.29) is 26.8 Å². The first-order chi connectivity index (χ1) is 17.9. The Morgan fingerprint density at radius 3 is 2.55 bits per heavy atom. The molecule has 1 aromatic carbocycles. The van der Waals surface area contributed by atoms with E-state index in [1.165, 1.54) is 0 Å². The SMILES string of the molecule is CC(C)(C)OC(=O)N1CCOCC1c1ccc(-c2ccc([C@@H]3CCPC(F)C(=O)NC(C)(C)O3)cc2)cn1. The van der Waals surface area contributed by atoms with E-state index in [2.05, 4.69) is 10.3 Å². The van der Waals surface area contributed by atoms with Gasteiger partial charge in [0.05, 0.1) is 25.0 Å². The number of amides is 2. The summed E-state index contributed by atoms with van der Waals surface area (Å²) in [7, 11) is -0.0928. The van der Waals surface area contributed by atoms with Gasteiger partial charge < -0.3 is 19.5 Å². The second kappa shape index (κ2) is 11.6. The standard InChI is InChI=1S/C28H37FN3O5P/c1-27(2,3)37-26(34)32-13-14-35-17-22(32)21-11-10-20(16-30-21)18-6-8-19(9-7-18)23-12-15-38-24(29)25(33)31-28(4,5)36-23/h6-11,16,22-24,38H,12-15,17H2,1-5H3,(H,31,33)/t22?,23-,24?/m0/s1. The maximum absolute atomic E-state index is 14.1. The average Bonchev–Trinajstić information content (AvgIpc) is 2.91. The monoisotopic (exact) mass is 545 g/mol. The maximum atomic E-state index is 14.1. The van der Waals surface area contributed by atoms with E-state index in [1.54, 1.807) is 24.9 Å². The molecule has 3 heterocycles. The van der Waals surface area contributed by atoms with Crippen LogP contribution in [0.2, 0.25) is 0 Å². The minimum Gasteiger partial charge on any atom is -0.444 e. The van der Waals surface area contributed by atoms with E-state index in [4.69, 9.17) is 14.2 Å². The molecule has 0 bridgehead atoms. The van der Waals surface area contributed by atoms with Crippen molar-refractivity contribution in [3.8, 4) is 11.1 Å². The molecule has 2 aromatic rings. The van der Waals surface area contributed by atoms with Gasteiger partial charge in [0.15, 0.2) is 5.91 Å². The number of nitrogens with one attached hydrogen (secondary N) is 1. The molecule has 2 aliphatic rings. The molecular weight excluding hydrogens is 508 g/mol. The van der Waals surface area contributed by atoms with Crippen LogP contribution in [0, 0.1) is 0 Å². The molecule has 1 aromatic heterocycles. The molecular formula is C28H37FN3O5P. The van der Waals surface area contributed by atoms with Crippen molar-refractivity contribution in [3.05, 3.63) is 53.9 Å².